The molecule has 2 rings (SSSR count). The number of allylic oxidation sites excluding steroid dienone is 1. The van der Waals surface area contributed by atoms with Crippen LogP contribution in [0.4, 0.5) is 0 Å². The Morgan fingerprint density at radius 2 is 2.27 bits per heavy atom. The number of aromatic nitrogens is 1. The molecule has 0 aliphatic heterocycles. The fraction of sp³-hybridized carbons (Fsp3) is 0.0769. The predicted octanol–water partition coefficient (Wildman–Crippen LogP) is 3.16. The van der Waals surface area contributed by atoms with Crippen molar-refractivity contribution in [2.24, 2.45) is 0 Å². The summed E-state index contributed by atoms with van der Waals surface area (Å²) in [5.74, 6) is 0. The zero-order valence-corrected chi connectivity index (χ0v) is 8.22. The summed E-state index contributed by atoms with van der Waals surface area (Å²) in [5.41, 5.74) is 1.13. The van der Waals surface area contributed by atoms with Crippen molar-refractivity contribution in [2.45, 2.75) is 6.42 Å². The maximum absolute atomic E-state index is 8.45. The molecule has 0 N–H and O–H groups in total. The molecule has 15 heavy (non-hydrogen) atoms. The number of nitrogens with zero attached hydrogens (tertiary/aromatic N) is 2. The van der Waals surface area contributed by atoms with Crippen LogP contribution < -0.4 is 0 Å². The van der Waals surface area contributed by atoms with Crippen LogP contribution in [0.3, 0.4) is 0 Å². The van der Waals surface area contributed by atoms with Crippen LogP contribution in [0.25, 0.3) is 16.8 Å². The lowest BCUT2D eigenvalue weighted by Crippen LogP contribution is -1.79. The Hall–Kier alpha value is -2.14. The van der Waals surface area contributed by atoms with Crippen molar-refractivity contribution in [3.05, 3.63) is 48.3 Å². The molecule has 72 valence electrons. The fourth-order valence-electron chi connectivity index (χ4n) is 1.53. The summed E-state index contributed by atoms with van der Waals surface area (Å²) in [6.07, 6.45) is 7.92. The van der Waals surface area contributed by atoms with Crippen molar-refractivity contribution in [3.8, 4) is 6.07 Å². The second-order valence-electron chi connectivity index (χ2n) is 3.21. The monoisotopic (exact) mass is 194 g/mol. The van der Waals surface area contributed by atoms with E-state index in [1.165, 1.54) is 5.39 Å². The number of nitriles is 1. The quantitative estimate of drug-likeness (QED) is 0.736. The van der Waals surface area contributed by atoms with Crippen molar-refractivity contribution in [2.75, 3.05) is 0 Å². The molecular formula is C13H10N2. The van der Waals surface area contributed by atoms with Gasteiger partial charge in [0.25, 0.3) is 0 Å². The van der Waals surface area contributed by atoms with Gasteiger partial charge in [-0.1, -0.05) is 30.4 Å². The Bertz CT molecular complexity index is 530. The summed E-state index contributed by atoms with van der Waals surface area (Å²) in [6, 6.07) is 10.1. The van der Waals surface area contributed by atoms with Gasteiger partial charge in [-0.2, -0.15) is 5.26 Å². The molecule has 2 aromatic rings. The molecule has 0 aliphatic rings. The van der Waals surface area contributed by atoms with Gasteiger partial charge in [0.1, 0.15) is 0 Å². The van der Waals surface area contributed by atoms with Gasteiger partial charge >= 0.3 is 0 Å². The number of pyridine rings is 1. The van der Waals surface area contributed by atoms with Crippen molar-refractivity contribution in [1.82, 2.24) is 4.98 Å². The van der Waals surface area contributed by atoms with Gasteiger partial charge in [0.2, 0.25) is 0 Å². The molecule has 0 radical (unpaired) electrons. The number of hydrogen-bond donors (Lipinski definition) is 0. The van der Waals surface area contributed by atoms with Crippen LogP contribution in [0.5, 0.6) is 0 Å². The average molecular weight is 194 g/mol. The molecular weight excluding hydrogens is 184 g/mol. The van der Waals surface area contributed by atoms with E-state index in [0.29, 0.717) is 6.42 Å². The van der Waals surface area contributed by atoms with Crippen molar-refractivity contribution < 1.29 is 0 Å². The van der Waals surface area contributed by atoms with Gasteiger partial charge in [-0.25, -0.2) is 0 Å². The molecule has 0 spiro atoms. The highest BCUT2D eigenvalue weighted by molar-refractivity contribution is 5.89. The van der Waals surface area contributed by atoms with E-state index < -0.39 is 0 Å². The van der Waals surface area contributed by atoms with Gasteiger partial charge in [-0.05, 0) is 17.0 Å². The topological polar surface area (TPSA) is 36.7 Å². The second-order valence-corrected chi connectivity index (χ2v) is 3.21. The molecule has 1 heterocycles. The van der Waals surface area contributed by atoms with Crippen molar-refractivity contribution in [3.63, 3.8) is 0 Å². The van der Waals surface area contributed by atoms with E-state index in [0.717, 1.165) is 10.9 Å². The summed E-state index contributed by atoms with van der Waals surface area (Å²) < 4.78 is 0. The minimum absolute atomic E-state index is 0.446. The maximum atomic E-state index is 8.45. The van der Waals surface area contributed by atoms with Gasteiger partial charge in [-0.15, -0.1) is 0 Å². The van der Waals surface area contributed by atoms with Gasteiger partial charge in [0.05, 0.1) is 12.5 Å². The van der Waals surface area contributed by atoms with Crippen LogP contribution >= 0.6 is 0 Å². The molecule has 0 saturated heterocycles. The first-order chi connectivity index (χ1) is 7.42. The van der Waals surface area contributed by atoms with E-state index in [2.05, 4.69) is 11.1 Å². The molecule has 0 amide bonds. The highest BCUT2D eigenvalue weighted by Crippen LogP contribution is 2.18. The molecule has 0 atom stereocenters. The Kier molecular flexibility index (Phi) is 2.75. The summed E-state index contributed by atoms with van der Waals surface area (Å²) in [6.45, 7) is 0. The normalized spacial score (nSPS) is 10.6. The zero-order valence-electron chi connectivity index (χ0n) is 8.22. The van der Waals surface area contributed by atoms with Gasteiger partial charge in [0.15, 0.2) is 0 Å². The number of hydrogen-bond acceptors (Lipinski definition) is 2. The first kappa shape index (κ1) is 9.42. The lowest BCUT2D eigenvalue weighted by Gasteiger charge is -2.00. The molecule has 0 unspecified atom stereocenters. The number of benzene rings is 1. The largest absolute Gasteiger partial charge is 0.264 e. The standard InChI is InChI=1S/C13H10N2/c14-8-2-1-4-11-5-3-6-12-10-15-9-7-13(11)12/h1,3-7,9-10H,2H2. The van der Waals surface area contributed by atoms with Crippen LogP contribution in [-0.2, 0) is 0 Å². The van der Waals surface area contributed by atoms with Crippen molar-refractivity contribution in [1.29, 1.82) is 5.26 Å². The Morgan fingerprint density at radius 3 is 3.13 bits per heavy atom. The summed E-state index contributed by atoms with van der Waals surface area (Å²) in [5, 5.41) is 10.7. The van der Waals surface area contributed by atoms with E-state index in [9.17, 15) is 0 Å². The van der Waals surface area contributed by atoms with Gasteiger partial charge in [0, 0.05) is 17.8 Å². The smallest absolute Gasteiger partial charge is 0.0663 e. The maximum Gasteiger partial charge on any atom is 0.0663 e. The van der Waals surface area contributed by atoms with Crippen LogP contribution in [0.2, 0.25) is 0 Å². The average Bonchev–Trinajstić information content (AvgIpc) is 2.30. The fourth-order valence-corrected chi connectivity index (χ4v) is 1.53. The predicted molar refractivity (Wildman–Crippen MR) is 61.0 cm³/mol. The molecule has 0 fully saturated rings. The molecule has 1 aromatic carbocycles. The third kappa shape index (κ3) is 2.03. The van der Waals surface area contributed by atoms with E-state index in [1.807, 2.05) is 42.6 Å². The molecule has 0 bridgehead atoms. The van der Waals surface area contributed by atoms with Gasteiger partial charge in [-0.3, -0.25) is 4.98 Å². The molecule has 0 saturated carbocycles. The first-order valence-corrected chi connectivity index (χ1v) is 4.78. The summed E-state index contributed by atoms with van der Waals surface area (Å²) in [4.78, 5) is 4.07. The minimum atomic E-state index is 0.446. The first-order valence-electron chi connectivity index (χ1n) is 4.78. The molecule has 1 aromatic heterocycles. The second kappa shape index (κ2) is 4.39. The molecule has 2 heteroatoms. The van der Waals surface area contributed by atoms with Crippen LogP contribution in [0, 0.1) is 11.3 Å². The third-order valence-electron chi connectivity index (χ3n) is 2.22. The van der Waals surface area contributed by atoms with E-state index in [-0.39, 0.29) is 0 Å². The third-order valence-corrected chi connectivity index (χ3v) is 2.22. The minimum Gasteiger partial charge on any atom is -0.264 e. The van der Waals surface area contributed by atoms with Gasteiger partial charge < -0.3 is 0 Å². The van der Waals surface area contributed by atoms with E-state index in [4.69, 9.17) is 5.26 Å². The van der Waals surface area contributed by atoms with Crippen molar-refractivity contribution >= 4 is 16.8 Å². The summed E-state index contributed by atoms with van der Waals surface area (Å²) >= 11 is 0. The zero-order chi connectivity index (χ0) is 10.5. The highest BCUT2D eigenvalue weighted by atomic mass is 14.6. The van der Waals surface area contributed by atoms with E-state index in [1.54, 1.807) is 6.20 Å². The van der Waals surface area contributed by atoms with E-state index >= 15 is 0 Å². The summed E-state index contributed by atoms with van der Waals surface area (Å²) in [7, 11) is 0. The number of rotatable bonds is 2. The Morgan fingerprint density at radius 1 is 1.33 bits per heavy atom. The lowest BCUT2D eigenvalue weighted by atomic mass is 10.1. The van der Waals surface area contributed by atoms with Crippen LogP contribution in [0.1, 0.15) is 12.0 Å². The molecule has 2 nitrogen and oxygen atoms in total. The SMILES string of the molecule is N#CCC=Cc1cccc2cnccc12. The van der Waals surface area contributed by atoms with Crippen LogP contribution in [-0.4, -0.2) is 4.98 Å². The lowest BCUT2D eigenvalue weighted by molar-refractivity contribution is 1.36. The Balaban J connectivity index is 2.48. The highest BCUT2D eigenvalue weighted by Gasteiger charge is 1.95. The van der Waals surface area contributed by atoms with Crippen LogP contribution in [0.15, 0.2) is 42.7 Å². The molecule has 0 aliphatic carbocycles. The Labute approximate surface area is 88.5 Å². The number of fused-ring (bicyclic) bond motifs is 1.